The van der Waals surface area contributed by atoms with Crippen LogP contribution in [0.5, 0.6) is 0 Å². The molecular weight excluding hydrogens is 485 g/mol. The molecule has 29 heavy (non-hydrogen) atoms. The number of alkyl halides is 2. The van der Waals surface area contributed by atoms with Gasteiger partial charge in [-0.15, -0.1) is 24.0 Å². The number of fused-ring (bicyclic) bond motifs is 1. The van der Waals surface area contributed by atoms with E-state index in [9.17, 15) is 8.78 Å². The fraction of sp³-hybridized carbons (Fsp3) is 0.500. The van der Waals surface area contributed by atoms with E-state index in [1.165, 1.54) is 16.3 Å². The highest BCUT2D eigenvalue weighted by Gasteiger charge is 2.21. The van der Waals surface area contributed by atoms with Gasteiger partial charge in [0, 0.05) is 32.2 Å². The summed E-state index contributed by atoms with van der Waals surface area (Å²) in [5, 5.41) is 9.32. The Morgan fingerprint density at radius 1 is 1.14 bits per heavy atom. The smallest absolute Gasteiger partial charge is 0.251 e. The molecule has 0 spiro atoms. The number of piperidine rings is 1. The van der Waals surface area contributed by atoms with Gasteiger partial charge in [0.15, 0.2) is 5.96 Å². The molecule has 3 rings (SSSR count). The molecule has 0 aromatic heterocycles. The first-order valence-corrected chi connectivity index (χ1v) is 10.2. The lowest BCUT2D eigenvalue weighted by Gasteiger charge is -2.32. The molecule has 2 aromatic carbocycles. The molecule has 0 atom stereocenters. The number of halogens is 3. The molecule has 160 valence electrons. The third-order valence-electron chi connectivity index (χ3n) is 5.20. The summed E-state index contributed by atoms with van der Waals surface area (Å²) in [6, 6.07) is 15.1. The van der Waals surface area contributed by atoms with E-state index in [4.69, 9.17) is 4.99 Å². The Labute approximate surface area is 189 Å². The molecule has 2 N–H and O–H groups in total. The number of hydrogen-bond donors (Lipinski definition) is 2. The lowest BCUT2D eigenvalue weighted by molar-refractivity contribution is 0.0744. The van der Waals surface area contributed by atoms with Crippen LogP contribution in [0.2, 0.25) is 0 Å². The quantitative estimate of drug-likeness (QED) is 0.328. The molecule has 0 bridgehead atoms. The van der Waals surface area contributed by atoms with Crippen molar-refractivity contribution in [1.29, 1.82) is 0 Å². The van der Waals surface area contributed by atoms with Gasteiger partial charge in [-0.2, -0.15) is 0 Å². The van der Waals surface area contributed by atoms with E-state index in [-0.39, 0.29) is 36.6 Å². The van der Waals surface area contributed by atoms with Gasteiger partial charge >= 0.3 is 0 Å². The van der Waals surface area contributed by atoms with E-state index >= 15 is 0 Å². The minimum absolute atomic E-state index is 0. The largest absolute Gasteiger partial charge is 0.357 e. The predicted octanol–water partition coefficient (Wildman–Crippen LogP) is 4.28. The van der Waals surface area contributed by atoms with E-state index < -0.39 is 6.43 Å². The second-order valence-corrected chi connectivity index (χ2v) is 7.26. The van der Waals surface area contributed by atoms with Crippen molar-refractivity contribution in [2.24, 2.45) is 4.99 Å². The molecule has 4 nitrogen and oxygen atoms in total. The zero-order chi connectivity index (χ0) is 19.8. The molecule has 1 saturated heterocycles. The lowest BCUT2D eigenvalue weighted by atomic mass is 10.0. The van der Waals surface area contributed by atoms with Crippen molar-refractivity contribution in [2.45, 2.75) is 38.7 Å². The van der Waals surface area contributed by atoms with E-state index in [2.05, 4.69) is 53.1 Å². The first kappa shape index (κ1) is 23.8. The molecule has 2 aromatic rings. The van der Waals surface area contributed by atoms with Crippen molar-refractivity contribution in [1.82, 2.24) is 15.5 Å². The zero-order valence-corrected chi connectivity index (χ0v) is 19.2. The molecule has 0 unspecified atom stereocenters. The third-order valence-corrected chi connectivity index (χ3v) is 5.20. The molecule has 7 heteroatoms. The van der Waals surface area contributed by atoms with Crippen molar-refractivity contribution >= 4 is 40.7 Å². The first-order valence-electron chi connectivity index (χ1n) is 10.2. The zero-order valence-electron chi connectivity index (χ0n) is 16.9. The number of benzene rings is 2. The van der Waals surface area contributed by atoms with Gasteiger partial charge in [-0.1, -0.05) is 42.5 Å². The summed E-state index contributed by atoms with van der Waals surface area (Å²) in [6.45, 7) is 4.84. The molecule has 0 aliphatic carbocycles. The molecule has 0 amide bonds. The van der Waals surface area contributed by atoms with Gasteiger partial charge in [0.25, 0.3) is 6.43 Å². The van der Waals surface area contributed by atoms with Crippen LogP contribution in [0.15, 0.2) is 47.5 Å². The Kier molecular flexibility index (Phi) is 10.1. The average molecular weight is 516 g/mol. The maximum absolute atomic E-state index is 12.5. The van der Waals surface area contributed by atoms with Crippen molar-refractivity contribution in [3.63, 3.8) is 0 Å². The summed E-state index contributed by atoms with van der Waals surface area (Å²) in [4.78, 5) is 6.58. The summed E-state index contributed by atoms with van der Waals surface area (Å²) in [6.07, 6.45) is 0.350. The minimum atomic E-state index is -2.25. The average Bonchev–Trinajstić information content (AvgIpc) is 2.69. The second kappa shape index (κ2) is 12.3. The number of guanidine groups is 1. The van der Waals surface area contributed by atoms with Gasteiger partial charge in [-0.25, -0.2) is 8.78 Å². The maximum Gasteiger partial charge on any atom is 0.251 e. The number of rotatable bonds is 7. The number of hydrogen-bond acceptors (Lipinski definition) is 2. The SMILES string of the molecule is CCNC(=NCCc1cccc2ccccc12)NC1CCN(CC(F)F)CC1.I. The highest BCUT2D eigenvalue weighted by Crippen LogP contribution is 2.19. The summed E-state index contributed by atoms with van der Waals surface area (Å²) >= 11 is 0. The highest BCUT2D eigenvalue weighted by molar-refractivity contribution is 14.0. The van der Waals surface area contributed by atoms with Crippen molar-refractivity contribution in [3.05, 3.63) is 48.0 Å². The van der Waals surface area contributed by atoms with Gasteiger partial charge in [0.05, 0.1) is 6.54 Å². The topological polar surface area (TPSA) is 39.7 Å². The third kappa shape index (κ3) is 7.37. The summed E-state index contributed by atoms with van der Waals surface area (Å²) in [5.74, 6) is 0.815. The summed E-state index contributed by atoms with van der Waals surface area (Å²) < 4.78 is 25.0. The molecule has 1 aliphatic rings. The van der Waals surface area contributed by atoms with Gasteiger partial charge in [0.2, 0.25) is 0 Å². The Morgan fingerprint density at radius 2 is 1.86 bits per heavy atom. The minimum Gasteiger partial charge on any atom is -0.357 e. The van der Waals surface area contributed by atoms with Crippen LogP contribution in [-0.2, 0) is 6.42 Å². The van der Waals surface area contributed by atoms with Crippen molar-refractivity contribution < 1.29 is 8.78 Å². The van der Waals surface area contributed by atoms with E-state index in [1.807, 2.05) is 11.8 Å². The Morgan fingerprint density at radius 3 is 2.59 bits per heavy atom. The van der Waals surface area contributed by atoms with E-state index in [1.54, 1.807) is 0 Å². The van der Waals surface area contributed by atoms with Crippen LogP contribution in [0.4, 0.5) is 8.78 Å². The number of nitrogens with one attached hydrogen (secondary N) is 2. The van der Waals surface area contributed by atoms with Crippen LogP contribution in [0.1, 0.15) is 25.3 Å². The Balaban J connectivity index is 0.00000300. The fourth-order valence-electron chi connectivity index (χ4n) is 3.77. The van der Waals surface area contributed by atoms with E-state index in [0.717, 1.165) is 31.8 Å². The van der Waals surface area contributed by atoms with Crippen LogP contribution in [0.25, 0.3) is 10.8 Å². The molecule has 1 fully saturated rings. The monoisotopic (exact) mass is 516 g/mol. The summed E-state index contributed by atoms with van der Waals surface area (Å²) in [5.41, 5.74) is 1.30. The number of likely N-dealkylation sites (tertiary alicyclic amines) is 1. The number of aliphatic imine (C=N–C) groups is 1. The molecular formula is C22H31F2IN4. The van der Waals surface area contributed by atoms with E-state index in [0.29, 0.717) is 19.6 Å². The van der Waals surface area contributed by atoms with Crippen LogP contribution in [-0.4, -0.2) is 56.1 Å². The van der Waals surface area contributed by atoms with Gasteiger partial charge in [-0.3, -0.25) is 9.89 Å². The van der Waals surface area contributed by atoms with Crippen molar-refractivity contribution in [3.8, 4) is 0 Å². The van der Waals surface area contributed by atoms with Crippen LogP contribution >= 0.6 is 24.0 Å². The van der Waals surface area contributed by atoms with Gasteiger partial charge in [0.1, 0.15) is 0 Å². The molecule has 0 radical (unpaired) electrons. The predicted molar refractivity (Wildman–Crippen MR) is 128 cm³/mol. The molecule has 1 heterocycles. The number of nitrogens with zero attached hydrogens (tertiary/aromatic N) is 2. The fourth-order valence-corrected chi connectivity index (χ4v) is 3.77. The normalized spacial score (nSPS) is 16.1. The maximum atomic E-state index is 12.5. The second-order valence-electron chi connectivity index (χ2n) is 7.26. The molecule has 1 aliphatic heterocycles. The first-order chi connectivity index (χ1) is 13.7. The van der Waals surface area contributed by atoms with Gasteiger partial charge < -0.3 is 10.6 Å². The molecule has 0 saturated carbocycles. The van der Waals surface area contributed by atoms with Crippen molar-refractivity contribution in [2.75, 3.05) is 32.7 Å². The highest BCUT2D eigenvalue weighted by atomic mass is 127. The van der Waals surface area contributed by atoms with Crippen LogP contribution < -0.4 is 10.6 Å². The van der Waals surface area contributed by atoms with Gasteiger partial charge in [-0.05, 0) is 42.5 Å². The Bertz CT molecular complexity index is 771. The Hall–Kier alpha value is -1.48. The van der Waals surface area contributed by atoms with Crippen LogP contribution in [0, 0.1) is 0 Å². The lowest BCUT2D eigenvalue weighted by Crippen LogP contribution is -2.49. The standard InChI is InChI=1S/C22H30F2N4.HI/c1-2-25-22(27-19-11-14-28(15-12-19)16-21(23)24)26-13-10-18-8-5-7-17-6-3-4-9-20(17)18;/h3-9,19,21H,2,10-16H2,1H3,(H2,25,26,27);1H. The van der Waals surface area contributed by atoms with Crippen LogP contribution in [0.3, 0.4) is 0 Å². The summed E-state index contributed by atoms with van der Waals surface area (Å²) in [7, 11) is 0.